The van der Waals surface area contributed by atoms with E-state index in [1.54, 1.807) is 24.3 Å². The summed E-state index contributed by atoms with van der Waals surface area (Å²) in [6, 6.07) is 9.14. The molecular weight excluding hydrogens is 224 g/mol. The molecule has 0 aromatic heterocycles. The van der Waals surface area contributed by atoms with Crippen LogP contribution in [0.1, 0.15) is 0 Å². The summed E-state index contributed by atoms with van der Waals surface area (Å²) < 4.78 is 32.1. The number of anilines is 1. The molecule has 0 saturated carbocycles. The van der Waals surface area contributed by atoms with Gasteiger partial charge in [-0.2, -0.15) is 0 Å². The molecule has 0 unspecified atom stereocenters. The van der Waals surface area contributed by atoms with Crippen molar-refractivity contribution in [3.05, 3.63) is 48.0 Å². The summed E-state index contributed by atoms with van der Waals surface area (Å²) in [7, 11) is 1.47. The fourth-order valence-corrected chi connectivity index (χ4v) is 1.67. The summed E-state index contributed by atoms with van der Waals surface area (Å²) in [5, 5.41) is 0. The van der Waals surface area contributed by atoms with Gasteiger partial charge in [0.05, 0.1) is 7.11 Å². The van der Waals surface area contributed by atoms with Crippen molar-refractivity contribution in [1.29, 1.82) is 0 Å². The molecule has 0 fully saturated rings. The highest BCUT2D eigenvalue weighted by Gasteiger charge is 2.14. The zero-order valence-corrected chi connectivity index (χ0v) is 9.21. The van der Waals surface area contributed by atoms with Gasteiger partial charge >= 0.3 is 0 Å². The Bertz CT molecular complexity index is 555. The smallest absolute Gasteiger partial charge is 0.166 e. The lowest BCUT2D eigenvalue weighted by Crippen LogP contribution is -1.96. The van der Waals surface area contributed by atoms with E-state index in [0.29, 0.717) is 11.3 Å². The van der Waals surface area contributed by atoms with Gasteiger partial charge in [0, 0.05) is 16.8 Å². The second-order valence-electron chi connectivity index (χ2n) is 3.56. The van der Waals surface area contributed by atoms with Gasteiger partial charge in [-0.1, -0.05) is 18.2 Å². The fraction of sp³-hybridized carbons (Fsp3) is 0.0769. The van der Waals surface area contributed by atoms with E-state index in [9.17, 15) is 8.78 Å². The normalized spacial score (nSPS) is 10.3. The molecule has 0 aliphatic carbocycles. The number of nitrogens with two attached hydrogens (primary N) is 1. The van der Waals surface area contributed by atoms with Gasteiger partial charge in [-0.25, -0.2) is 8.78 Å². The SMILES string of the molecule is COc1ccccc1-c1cc(N)cc(F)c1F. The van der Waals surface area contributed by atoms with Crippen LogP contribution >= 0.6 is 0 Å². The van der Waals surface area contributed by atoms with Gasteiger partial charge in [0.2, 0.25) is 0 Å². The molecule has 0 amide bonds. The minimum Gasteiger partial charge on any atom is -0.496 e. The van der Waals surface area contributed by atoms with Crippen molar-refractivity contribution in [2.24, 2.45) is 0 Å². The Balaban J connectivity index is 2.68. The second kappa shape index (κ2) is 4.41. The summed E-state index contributed by atoms with van der Waals surface area (Å²) >= 11 is 0. The number of ether oxygens (including phenoxy) is 1. The van der Waals surface area contributed by atoms with Gasteiger partial charge in [-0.3, -0.25) is 0 Å². The number of hydrogen-bond acceptors (Lipinski definition) is 2. The zero-order valence-electron chi connectivity index (χ0n) is 9.21. The largest absolute Gasteiger partial charge is 0.496 e. The molecule has 0 radical (unpaired) electrons. The average Bonchev–Trinajstić information content (AvgIpc) is 2.33. The predicted octanol–water partition coefficient (Wildman–Crippen LogP) is 3.22. The first-order valence-corrected chi connectivity index (χ1v) is 5.01. The number of rotatable bonds is 2. The van der Waals surface area contributed by atoms with Crippen molar-refractivity contribution in [3.8, 4) is 16.9 Å². The first kappa shape index (κ1) is 11.4. The third kappa shape index (κ3) is 2.06. The number of nitrogen functional groups attached to an aromatic ring is 1. The Morgan fingerprint density at radius 3 is 2.47 bits per heavy atom. The van der Waals surface area contributed by atoms with Crippen LogP contribution in [0.3, 0.4) is 0 Å². The summed E-state index contributed by atoms with van der Waals surface area (Å²) in [6.45, 7) is 0. The molecule has 2 rings (SSSR count). The number of hydrogen-bond donors (Lipinski definition) is 1. The fourth-order valence-electron chi connectivity index (χ4n) is 1.67. The van der Waals surface area contributed by atoms with Crippen molar-refractivity contribution in [2.45, 2.75) is 0 Å². The number of benzene rings is 2. The Kier molecular flexibility index (Phi) is 2.95. The van der Waals surface area contributed by atoms with Gasteiger partial charge in [0.25, 0.3) is 0 Å². The molecule has 2 N–H and O–H groups in total. The Hall–Kier alpha value is -2.10. The molecule has 2 nitrogen and oxygen atoms in total. The van der Waals surface area contributed by atoms with Crippen LogP contribution in [0, 0.1) is 11.6 Å². The van der Waals surface area contributed by atoms with E-state index in [1.807, 2.05) is 0 Å². The molecule has 0 aliphatic heterocycles. The van der Waals surface area contributed by atoms with Gasteiger partial charge in [0.15, 0.2) is 11.6 Å². The lowest BCUT2D eigenvalue weighted by atomic mass is 10.0. The number of methoxy groups -OCH3 is 1. The Morgan fingerprint density at radius 2 is 1.76 bits per heavy atom. The van der Waals surface area contributed by atoms with E-state index in [4.69, 9.17) is 10.5 Å². The van der Waals surface area contributed by atoms with Crippen LogP contribution < -0.4 is 10.5 Å². The maximum Gasteiger partial charge on any atom is 0.166 e. The van der Waals surface area contributed by atoms with Crippen molar-refractivity contribution in [1.82, 2.24) is 0 Å². The maximum absolute atomic E-state index is 13.7. The quantitative estimate of drug-likeness (QED) is 0.811. The Morgan fingerprint density at radius 1 is 1.06 bits per heavy atom. The average molecular weight is 235 g/mol. The third-order valence-corrected chi connectivity index (χ3v) is 2.45. The summed E-state index contributed by atoms with van der Waals surface area (Å²) in [5.74, 6) is -1.42. The molecule has 0 aliphatic rings. The van der Waals surface area contributed by atoms with Gasteiger partial charge in [-0.05, 0) is 18.2 Å². The molecule has 0 atom stereocenters. The monoisotopic (exact) mass is 235 g/mol. The summed E-state index contributed by atoms with van der Waals surface area (Å²) in [5.41, 5.74) is 6.25. The van der Waals surface area contributed by atoms with Crippen molar-refractivity contribution in [2.75, 3.05) is 12.8 Å². The lowest BCUT2D eigenvalue weighted by molar-refractivity contribution is 0.416. The van der Waals surface area contributed by atoms with E-state index in [1.165, 1.54) is 13.2 Å². The molecule has 4 heteroatoms. The second-order valence-corrected chi connectivity index (χ2v) is 3.56. The molecule has 0 bridgehead atoms. The van der Waals surface area contributed by atoms with E-state index in [-0.39, 0.29) is 11.3 Å². The van der Waals surface area contributed by atoms with Crippen LogP contribution in [0.25, 0.3) is 11.1 Å². The van der Waals surface area contributed by atoms with Crippen molar-refractivity contribution in [3.63, 3.8) is 0 Å². The van der Waals surface area contributed by atoms with Crippen LogP contribution in [-0.2, 0) is 0 Å². The minimum atomic E-state index is -0.967. The number of para-hydroxylation sites is 1. The van der Waals surface area contributed by atoms with Crippen LogP contribution in [0.4, 0.5) is 14.5 Å². The number of halogens is 2. The zero-order chi connectivity index (χ0) is 12.4. The van der Waals surface area contributed by atoms with E-state index in [0.717, 1.165) is 6.07 Å². The third-order valence-electron chi connectivity index (χ3n) is 2.45. The molecular formula is C13H11F2NO. The standard InChI is InChI=1S/C13H11F2NO/c1-17-12-5-3-2-4-9(12)10-6-8(16)7-11(14)13(10)15/h2-7H,16H2,1H3. The highest BCUT2D eigenvalue weighted by atomic mass is 19.2. The molecule has 0 spiro atoms. The predicted molar refractivity (Wildman–Crippen MR) is 62.8 cm³/mol. The highest BCUT2D eigenvalue weighted by Crippen LogP contribution is 2.33. The van der Waals surface area contributed by atoms with Crippen molar-refractivity contribution >= 4 is 5.69 Å². The van der Waals surface area contributed by atoms with Gasteiger partial charge in [-0.15, -0.1) is 0 Å². The summed E-state index contributed by atoms with van der Waals surface area (Å²) in [6.07, 6.45) is 0. The van der Waals surface area contributed by atoms with Crippen LogP contribution in [0.15, 0.2) is 36.4 Å². The van der Waals surface area contributed by atoms with E-state index >= 15 is 0 Å². The van der Waals surface area contributed by atoms with Crippen LogP contribution in [0.2, 0.25) is 0 Å². The van der Waals surface area contributed by atoms with E-state index < -0.39 is 11.6 Å². The molecule has 0 saturated heterocycles. The van der Waals surface area contributed by atoms with Gasteiger partial charge < -0.3 is 10.5 Å². The lowest BCUT2D eigenvalue weighted by Gasteiger charge is -2.10. The van der Waals surface area contributed by atoms with E-state index in [2.05, 4.69) is 0 Å². The molecule has 0 heterocycles. The van der Waals surface area contributed by atoms with Gasteiger partial charge in [0.1, 0.15) is 5.75 Å². The molecule has 2 aromatic carbocycles. The first-order valence-electron chi connectivity index (χ1n) is 5.01. The van der Waals surface area contributed by atoms with Crippen LogP contribution in [-0.4, -0.2) is 7.11 Å². The van der Waals surface area contributed by atoms with Crippen LogP contribution in [0.5, 0.6) is 5.75 Å². The highest BCUT2D eigenvalue weighted by molar-refractivity contribution is 5.73. The molecule has 17 heavy (non-hydrogen) atoms. The minimum absolute atomic E-state index is 0.0972. The summed E-state index contributed by atoms with van der Waals surface area (Å²) in [4.78, 5) is 0. The topological polar surface area (TPSA) is 35.2 Å². The van der Waals surface area contributed by atoms with Crippen molar-refractivity contribution < 1.29 is 13.5 Å². The molecule has 88 valence electrons. The molecule has 2 aromatic rings. The maximum atomic E-state index is 13.7. The first-order chi connectivity index (χ1) is 8.13. The Labute approximate surface area is 97.6 Å².